The van der Waals surface area contributed by atoms with E-state index in [1.165, 1.54) is 16.6 Å². The Hall–Kier alpha value is -6.25. The van der Waals surface area contributed by atoms with Crippen LogP contribution in [-0.4, -0.2) is 70.2 Å². The molecule has 3 atom stereocenters. The van der Waals surface area contributed by atoms with Crippen molar-refractivity contribution >= 4 is 40.1 Å². The van der Waals surface area contributed by atoms with E-state index in [-0.39, 0.29) is 31.4 Å². The number of imide groups is 1. The van der Waals surface area contributed by atoms with Crippen LogP contribution < -0.4 is 25.7 Å². The number of benzene rings is 4. The van der Waals surface area contributed by atoms with Gasteiger partial charge in [-0.1, -0.05) is 67.1 Å². The van der Waals surface area contributed by atoms with E-state index in [4.69, 9.17) is 18.9 Å². The number of ether oxygens (including phenoxy) is 4. The first-order chi connectivity index (χ1) is 27.0. The van der Waals surface area contributed by atoms with Gasteiger partial charge < -0.3 is 34.1 Å². The second kappa shape index (κ2) is 17.5. The fraction of sp³-hybridized carbons (Fsp3) is 0.310. The summed E-state index contributed by atoms with van der Waals surface area (Å²) in [5.74, 6) is -0.689. The van der Waals surface area contributed by atoms with Crippen molar-refractivity contribution in [2.45, 2.75) is 59.2 Å². The standard InChI is InChI=1S/C42H46N6O8/c1-7-35(56-33-20-18-26(3)22-27(33)4)55-25-43-29-19-21-34(53-6)31(23-29)44-39(50)36(37-45-38(49)30-16-12-13-17-32(30)46(37)5)48-40(51)41(54-8-2)47(42(48)52)24-28-14-10-9-11-15-28/h9-23,35-36,41,43H,7-8,24-25H2,1-6H3,(H,44,50). The van der Waals surface area contributed by atoms with Crippen molar-refractivity contribution in [3.8, 4) is 11.5 Å². The number of nitrogens with zero attached hydrogens (tertiary/aromatic N) is 4. The molecule has 3 unspecified atom stereocenters. The van der Waals surface area contributed by atoms with Crippen LogP contribution in [0.1, 0.15) is 48.8 Å². The van der Waals surface area contributed by atoms with Gasteiger partial charge in [-0.15, -0.1) is 0 Å². The van der Waals surface area contributed by atoms with E-state index in [9.17, 15) is 19.2 Å². The Morgan fingerprint density at radius 3 is 2.36 bits per heavy atom. The van der Waals surface area contributed by atoms with E-state index in [1.54, 1.807) is 56.4 Å². The van der Waals surface area contributed by atoms with E-state index in [0.717, 1.165) is 27.3 Å². The summed E-state index contributed by atoms with van der Waals surface area (Å²) in [6, 6.07) is 24.4. The third kappa shape index (κ3) is 8.36. The zero-order valence-corrected chi connectivity index (χ0v) is 32.3. The Bertz CT molecular complexity index is 2280. The number of aromatic nitrogens is 2. The van der Waals surface area contributed by atoms with Crippen LogP contribution in [0.25, 0.3) is 10.9 Å². The zero-order valence-electron chi connectivity index (χ0n) is 32.3. The van der Waals surface area contributed by atoms with Crippen LogP contribution in [0, 0.1) is 13.8 Å². The molecule has 1 aliphatic rings. The van der Waals surface area contributed by atoms with Gasteiger partial charge in [-0.3, -0.25) is 19.3 Å². The average molecular weight is 763 g/mol. The second-order valence-electron chi connectivity index (χ2n) is 13.3. The number of hydrogen-bond acceptors (Lipinski definition) is 10. The molecule has 56 heavy (non-hydrogen) atoms. The van der Waals surface area contributed by atoms with E-state index in [1.807, 2.05) is 69.3 Å². The number of carbonyl (C=O) groups excluding carboxylic acids is 3. The Morgan fingerprint density at radius 2 is 1.64 bits per heavy atom. The molecule has 0 saturated carbocycles. The summed E-state index contributed by atoms with van der Waals surface area (Å²) in [6.45, 7) is 7.88. The summed E-state index contributed by atoms with van der Waals surface area (Å²) in [5.41, 5.74) is 3.50. The normalized spacial score (nSPS) is 15.2. The van der Waals surface area contributed by atoms with Gasteiger partial charge in [0.05, 0.1) is 30.2 Å². The Kier molecular flexibility index (Phi) is 12.3. The lowest BCUT2D eigenvalue weighted by molar-refractivity contribution is -0.145. The smallest absolute Gasteiger partial charge is 0.330 e. The minimum absolute atomic E-state index is 0.0309. The second-order valence-corrected chi connectivity index (χ2v) is 13.3. The van der Waals surface area contributed by atoms with Crippen LogP contribution in [0.3, 0.4) is 0 Å². The van der Waals surface area contributed by atoms with E-state index in [0.29, 0.717) is 28.8 Å². The Morgan fingerprint density at radius 1 is 0.911 bits per heavy atom. The third-order valence-corrected chi connectivity index (χ3v) is 9.44. The van der Waals surface area contributed by atoms with Crippen LogP contribution >= 0.6 is 0 Å². The third-order valence-electron chi connectivity index (χ3n) is 9.44. The summed E-state index contributed by atoms with van der Waals surface area (Å²) >= 11 is 0. The number of carbonyl (C=O) groups is 3. The molecular weight excluding hydrogens is 716 g/mol. The lowest BCUT2D eigenvalue weighted by atomic mass is 10.1. The van der Waals surface area contributed by atoms with Crippen LogP contribution in [0.15, 0.2) is 95.8 Å². The van der Waals surface area contributed by atoms with Gasteiger partial charge in [0.2, 0.25) is 12.5 Å². The SMILES string of the molecule is CCOC1C(=O)N(C(C(=O)Nc2cc(NCOC(CC)Oc3ccc(C)cc3C)ccc2OC)c2nc(=O)c3ccccc3n2C)C(=O)N1Cc1ccccc1. The number of aryl methyl sites for hydroxylation is 3. The fourth-order valence-corrected chi connectivity index (χ4v) is 6.62. The molecule has 2 heterocycles. The van der Waals surface area contributed by atoms with E-state index < -0.39 is 42.0 Å². The number of hydrogen-bond donors (Lipinski definition) is 2. The molecule has 2 N–H and O–H groups in total. The zero-order chi connectivity index (χ0) is 39.9. The van der Waals surface area contributed by atoms with Crippen molar-refractivity contribution < 1.29 is 33.3 Å². The monoisotopic (exact) mass is 762 g/mol. The maximum Gasteiger partial charge on any atom is 0.330 e. The lowest BCUT2D eigenvalue weighted by Crippen LogP contribution is -2.44. The van der Waals surface area contributed by atoms with Crippen molar-refractivity contribution in [2.75, 3.05) is 31.1 Å². The minimum Gasteiger partial charge on any atom is -0.495 e. The molecule has 0 aliphatic carbocycles. The summed E-state index contributed by atoms with van der Waals surface area (Å²) in [5, 5.41) is 6.35. The van der Waals surface area contributed by atoms with E-state index in [2.05, 4.69) is 15.6 Å². The number of methoxy groups -OCH3 is 1. The largest absolute Gasteiger partial charge is 0.495 e. The van der Waals surface area contributed by atoms with Gasteiger partial charge in [-0.05, 0) is 68.3 Å². The van der Waals surface area contributed by atoms with Crippen molar-refractivity contribution in [2.24, 2.45) is 7.05 Å². The molecule has 0 radical (unpaired) electrons. The van der Waals surface area contributed by atoms with Crippen LogP contribution in [0.5, 0.6) is 11.5 Å². The molecule has 4 amide bonds. The number of urea groups is 1. The average Bonchev–Trinajstić information content (AvgIpc) is 3.41. The van der Waals surface area contributed by atoms with Gasteiger partial charge >= 0.3 is 6.03 Å². The Labute approximate surface area is 324 Å². The molecule has 4 aromatic carbocycles. The number of amides is 4. The maximum absolute atomic E-state index is 14.7. The number of anilines is 2. The maximum atomic E-state index is 14.7. The molecule has 14 nitrogen and oxygen atoms in total. The van der Waals surface area contributed by atoms with Crippen LogP contribution in [-0.2, 0) is 32.7 Å². The Balaban J connectivity index is 1.31. The van der Waals surface area contributed by atoms with Gasteiger partial charge in [-0.25, -0.2) is 9.69 Å². The molecule has 5 aromatic rings. The molecule has 6 rings (SSSR count). The number of rotatable bonds is 16. The molecule has 0 bridgehead atoms. The summed E-state index contributed by atoms with van der Waals surface area (Å²) in [7, 11) is 3.07. The first kappa shape index (κ1) is 39.4. The van der Waals surface area contributed by atoms with E-state index >= 15 is 0 Å². The highest BCUT2D eigenvalue weighted by Gasteiger charge is 2.52. The summed E-state index contributed by atoms with van der Waals surface area (Å²) in [6.07, 6.45) is -1.26. The summed E-state index contributed by atoms with van der Waals surface area (Å²) < 4.78 is 25.0. The lowest BCUT2D eigenvalue weighted by Gasteiger charge is -2.27. The van der Waals surface area contributed by atoms with Gasteiger partial charge in [-0.2, -0.15) is 4.98 Å². The first-order valence-corrected chi connectivity index (χ1v) is 18.4. The molecule has 1 aliphatic heterocycles. The first-order valence-electron chi connectivity index (χ1n) is 18.4. The van der Waals surface area contributed by atoms with Crippen molar-refractivity contribution in [3.63, 3.8) is 0 Å². The van der Waals surface area contributed by atoms with Gasteiger partial charge in [0.1, 0.15) is 24.1 Å². The molecule has 1 saturated heterocycles. The van der Waals surface area contributed by atoms with Gasteiger partial charge in [0.25, 0.3) is 17.4 Å². The highest BCUT2D eigenvalue weighted by Crippen LogP contribution is 2.34. The van der Waals surface area contributed by atoms with Crippen molar-refractivity contribution in [3.05, 3.63) is 124 Å². The van der Waals surface area contributed by atoms with Crippen LogP contribution in [0.2, 0.25) is 0 Å². The highest BCUT2D eigenvalue weighted by atomic mass is 16.7. The van der Waals surface area contributed by atoms with Crippen molar-refractivity contribution in [1.29, 1.82) is 0 Å². The topological polar surface area (TPSA) is 154 Å². The molecule has 292 valence electrons. The van der Waals surface area contributed by atoms with Crippen molar-refractivity contribution in [1.82, 2.24) is 19.4 Å². The van der Waals surface area contributed by atoms with Gasteiger partial charge in [0, 0.05) is 25.8 Å². The van der Waals surface area contributed by atoms with Gasteiger partial charge in [0.15, 0.2) is 6.04 Å². The number of fused-ring (bicyclic) bond motifs is 1. The molecule has 14 heteroatoms. The highest BCUT2D eigenvalue weighted by molar-refractivity contribution is 6.09. The number of nitrogens with one attached hydrogen (secondary N) is 2. The predicted octanol–water partition coefficient (Wildman–Crippen LogP) is 6.27. The number of para-hydroxylation sites is 1. The molecule has 1 aromatic heterocycles. The molecule has 1 fully saturated rings. The molecule has 0 spiro atoms. The quantitative estimate of drug-likeness (QED) is 0.0870. The fourth-order valence-electron chi connectivity index (χ4n) is 6.62. The van der Waals surface area contributed by atoms with Crippen LogP contribution in [0.4, 0.5) is 16.2 Å². The minimum atomic E-state index is -1.70. The summed E-state index contributed by atoms with van der Waals surface area (Å²) in [4.78, 5) is 63.1. The molecular formula is C42H46N6O8. The predicted molar refractivity (Wildman–Crippen MR) is 211 cm³/mol.